The molecule has 2 aliphatic rings. The van der Waals surface area contributed by atoms with E-state index in [-0.39, 0.29) is 23.9 Å². The second-order valence-electron chi connectivity index (χ2n) is 6.71. The summed E-state index contributed by atoms with van der Waals surface area (Å²) in [7, 11) is 2.07. The van der Waals surface area contributed by atoms with Crippen LogP contribution in [0.15, 0.2) is 71.2 Å². The first-order chi connectivity index (χ1) is 12.7. The van der Waals surface area contributed by atoms with Gasteiger partial charge in [0.1, 0.15) is 5.75 Å². The third-order valence-corrected chi connectivity index (χ3v) is 6.15. The lowest BCUT2D eigenvalue weighted by Gasteiger charge is -2.40. The third kappa shape index (κ3) is 2.28. The number of hydrogen-bond acceptors (Lipinski definition) is 5. The van der Waals surface area contributed by atoms with Gasteiger partial charge >= 0.3 is 0 Å². The summed E-state index contributed by atoms with van der Waals surface area (Å²) < 4.78 is 0. The molecule has 3 aromatic rings. The van der Waals surface area contributed by atoms with Gasteiger partial charge < -0.3 is 9.94 Å². The van der Waals surface area contributed by atoms with E-state index in [0.29, 0.717) is 0 Å². The first-order valence-electron chi connectivity index (χ1n) is 8.61. The molecular formula is C21H18N2O2S. The molecule has 0 bridgehead atoms. The summed E-state index contributed by atoms with van der Waals surface area (Å²) >= 11 is 1.72. The van der Waals surface area contributed by atoms with E-state index in [1.807, 2.05) is 30.3 Å². The molecule has 26 heavy (non-hydrogen) atoms. The number of thiophene rings is 1. The highest BCUT2D eigenvalue weighted by atomic mass is 32.1. The number of phenolic OH excluding ortho intramolecular Hbond substituents is 1. The summed E-state index contributed by atoms with van der Waals surface area (Å²) in [6, 6.07) is 20.1. The van der Waals surface area contributed by atoms with Crippen molar-refractivity contribution in [3.63, 3.8) is 0 Å². The Bertz CT molecular complexity index is 969. The van der Waals surface area contributed by atoms with Gasteiger partial charge in [-0.25, -0.2) is 0 Å². The summed E-state index contributed by atoms with van der Waals surface area (Å²) in [5, 5.41) is 16.7. The first kappa shape index (κ1) is 15.6. The summed E-state index contributed by atoms with van der Waals surface area (Å²) in [5.74, 6) is 0.309. The van der Waals surface area contributed by atoms with Crippen molar-refractivity contribution >= 4 is 17.0 Å². The van der Waals surface area contributed by atoms with Gasteiger partial charge in [0.05, 0.1) is 17.7 Å². The van der Waals surface area contributed by atoms with Crippen molar-refractivity contribution in [1.82, 2.24) is 4.90 Å². The third-order valence-electron chi connectivity index (χ3n) is 5.23. The van der Waals surface area contributed by atoms with E-state index in [2.05, 4.69) is 46.7 Å². The summed E-state index contributed by atoms with van der Waals surface area (Å²) in [6.07, 6.45) is -0.158. The number of hydrogen-bond donors (Lipinski definition) is 1. The smallest absolute Gasteiger partial charge is 0.194 e. The number of rotatable bonds is 2. The summed E-state index contributed by atoms with van der Waals surface area (Å²) in [4.78, 5) is 9.36. The number of fused-ring (bicyclic) bond motifs is 3. The number of likely N-dealkylation sites (N-methyl/N-ethyl adjacent to an activating group) is 1. The van der Waals surface area contributed by atoms with Gasteiger partial charge in [0.2, 0.25) is 0 Å². The zero-order chi connectivity index (χ0) is 17.7. The molecule has 5 rings (SSSR count). The molecule has 4 nitrogen and oxygen atoms in total. The quantitative estimate of drug-likeness (QED) is 0.738. The molecule has 0 aliphatic carbocycles. The monoisotopic (exact) mass is 362 g/mol. The van der Waals surface area contributed by atoms with Crippen LogP contribution < -0.4 is 0 Å². The van der Waals surface area contributed by atoms with E-state index in [1.54, 1.807) is 17.4 Å². The van der Waals surface area contributed by atoms with Gasteiger partial charge in [-0.3, -0.25) is 4.90 Å². The van der Waals surface area contributed by atoms with E-state index in [0.717, 1.165) is 16.8 Å². The van der Waals surface area contributed by atoms with Gasteiger partial charge in [0, 0.05) is 10.4 Å². The van der Waals surface area contributed by atoms with Gasteiger partial charge in [0.25, 0.3) is 0 Å². The molecule has 0 radical (unpaired) electrons. The average molecular weight is 362 g/mol. The minimum Gasteiger partial charge on any atom is -0.508 e. The van der Waals surface area contributed by atoms with Gasteiger partial charge in [-0.1, -0.05) is 47.6 Å². The summed E-state index contributed by atoms with van der Waals surface area (Å²) in [5.41, 5.74) is 4.30. The fraction of sp³-hybridized carbons (Fsp3) is 0.190. The molecule has 0 saturated carbocycles. The van der Waals surface area contributed by atoms with Crippen LogP contribution >= 0.6 is 11.3 Å². The zero-order valence-electron chi connectivity index (χ0n) is 14.2. The van der Waals surface area contributed by atoms with Gasteiger partial charge in [0.15, 0.2) is 6.23 Å². The minimum absolute atomic E-state index is 0.0224. The van der Waals surface area contributed by atoms with Crippen molar-refractivity contribution in [2.75, 3.05) is 7.05 Å². The second kappa shape index (κ2) is 5.97. The molecule has 1 N–H and O–H groups in total. The fourth-order valence-corrected chi connectivity index (χ4v) is 4.96. The minimum atomic E-state index is -0.158. The second-order valence-corrected chi connectivity index (χ2v) is 7.69. The van der Waals surface area contributed by atoms with Crippen LogP contribution in [0.1, 0.15) is 33.5 Å². The molecule has 3 heterocycles. The van der Waals surface area contributed by atoms with Crippen LogP contribution in [0.4, 0.5) is 0 Å². The van der Waals surface area contributed by atoms with Crippen LogP contribution in [0.25, 0.3) is 0 Å². The molecule has 0 fully saturated rings. The Morgan fingerprint density at radius 3 is 2.65 bits per heavy atom. The number of benzene rings is 2. The topological polar surface area (TPSA) is 45.1 Å². The Labute approximate surface area is 156 Å². The predicted molar refractivity (Wildman–Crippen MR) is 103 cm³/mol. The van der Waals surface area contributed by atoms with Gasteiger partial charge in [-0.15, -0.1) is 11.3 Å². The lowest BCUT2D eigenvalue weighted by Crippen LogP contribution is -2.44. The van der Waals surface area contributed by atoms with E-state index < -0.39 is 0 Å². The highest BCUT2D eigenvalue weighted by Crippen LogP contribution is 2.48. The maximum absolute atomic E-state index is 10.1. The van der Waals surface area contributed by atoms with Crippen LogP contribution in [0.2, 0.25) is 0 Å². The Morgan fingerprint density at radius 2 is 1.88 bits per heavy atom. The van der Waals surface area contributed by atoms with Crippen LogP contribution in [0.3, 0.4) is 0 Å². The van der Waals surface area contributed by atoms with Crippen LogP contribution in [0, 0.1) is 0 Å². The highest BCUT2D eigenvalue weighted by Gasteiger charge is 2.47. The standard InChI is InChI=1S/C21H18N2O2S/c1-23-20(17-8-5-11-26-17)16-12-14(24)9-10-15(16)18-19(22-25-21(18)23)13-6-3-2-4-7-13/h2-12,18,20-21,24H,1H3/t18-,20-,21+/m0/s1. The van der Waals surface area contributed by atoms with Crippen molar-refractivity contribution in [3.05, 3.63) is 87.6 Å². The van der Waals surface area contributed by atoms with E-state index in [1.165, 1.54) is 10.4 Å². The molecule has 0 amide bonds. The molecule has 5 heteroatoms. The Morgan fingerprint density at radius 1 is 1.04 bits per heavy atom. The van der Waals surface area contributed by atoms with E-state index >= 15 is 0 Å². The molecule has 130 valence electrons. The van der Waals surface area contributed by atoms with Gasteiger partial charge in [-0.05, 0) is 41.8 Å². The number of phenols is 1. The van der Waals surface area contributed by atoms with Crippen molar-refractivity contribution < 1.29 is 9.94 Å². The molecule has 0 spiro atoms. The van der Waals surface area contributed by atoms with Crippen molar-refractivity contribution in [2.45, 2.75) is 18.2 Å². The molecule has 0 unspecified atom stereocenters. The number of aromatic hydroxyl groups is 1. The average Bonchev–Trinajstić information content (AvgIpc) is 3.32. The Hall–Kier alpha value is -2.63. The predicted octanol–water partition coefficient (Wildman–Crippen LogP) is 4.33. The van der Waals surface area contributed by atoms with Crippen LogP contribution in [-0.2, 0) is 4.84 Å². The lowest BCUT2D eigenvalue weighted by atomic mass is 9.79. The van der Waals surface area contributed by atoms with Crippen molar-refractivity contribution in [1.29, 1.82) is 0 Å². The molecule has 3 atom stereocenters. The number of nitrogens with zero attached hydrogens (tertiary/aromatic N) is 2. The maximum Gasteiger partial charge on any atom is 0.194 e. The van der Waals surface area contributed by atoms with Crippen LogP contribution in [-0.4, -0.2) is 29.0 Å². The molecule has 0 saturated heterocycles. The van der Waals surface area contributed by atoms with Gasteiger partial charge in [-0.2, -0.15) is 0 Å². The van der Waals surface area contributed by atoms with E-state index in [9.17, 15) is 5.11 Å². The maximum atomic E-state index is 10.1. The molecular weight excluding hydrogens is 344 g/mol. The molecule has 1 aromatic heterocycles. The van der Waals surface area contributed by atoms with Crippen molar-refractivity contribution in [2.24, 2.45) is 5.16 Å². The van der Waals surface area contributed by atoms with Crippen molar-refractivity contribution in [3.8, 4) is 5.75 Å². The zero-order valence-corrected chi connectivity index (χ0v) is 15.1. The first-order valence-corrected chi connectivity index (χ1v) is 9.49. The fourth-order valence-electron chi connectivity index (χ4n) is 4.06. The SMILES string of the molecule is CN1[C@H](c2cccs2)c2cc(O)ccc2[C@H]2C(c3ccccc3)=NO[C@H]21. The van der Waals surface area contributed by atoms with Crippen LogP contribution in [0.5, 0.6) is 5.75 Å². The molecule has 2 aromatic carbocycles. The Kier molecular flexibility index (Phi) is 3.58. The normalized spacial score (nSPS) is 24.5. The highest BCUT2D eigenvalue weighted by molar-refractivity contribution is 7.10. The molecule has 2 aliphatic heterocycles. The number of oxime groups is 1. The lowest BCUT2D eigenvalue weighted by molar-refractivity contribution is -0.0532. The summed E-state index contributed by atoms with van der Waals surface area (Å²) in [6.45, 7) is 0. The Balaban J connectivity index is 1.68. The van der Waals surface area contributed by atoms with E-state index in [4.69, 9.17) is 4.84 Å². The largest absolute Gasteiger partial charge is 0.508 e.